The average Bonchev–Trinajstić information content (AvgIpc) is 3.02. The number of pyridine rings is 1. The van der Waals surface area contributed by atoms with Crippen molar-refractivity contribution in [1.29, 1.82) is 0 Å². The molecular formula is C20H20Cl2N4O2. The Morgan fingerprint density at radius 1 is 1.21 bits per heavy atom. The number of aryl methyl sites for hydroxylation is 2. The van der Waals surface area contributed by atoms with E-state index in [1.54, 1.807) is 12.1 Å². The number of hydrogen-bond donors (Lipinski definition) is 1. The number of carbonyl (C=O) groups is 1. The topological polar surface area (TPSA) is 69.0 Å². The normalized spacial score (nSPS) is 10.7. The van der Waals surface area contributed by atoms with Gasteiger partial charge in [0, 0.05) is 12.3 Å². The van der Waals surface area contributed by atoms with Crippen LogP contribution in [0.2, 0.25) is 10.0 Å². The van der Waals surface area contributed by atoms with Crippen LogP contribution in [0.5, 0.6) is 5.75 Å². The highest BCUT2D eigenvalue weighted by atomic mass is 35.5. The lowest BCUT2D eigenvalue weighted by molar-refractivity contribution is -0.116. The zero-order valence-corrected chi connectivity index (χ0v) is 17.1. The van der Waals surface area contributed by atoms with Gasteiger partial charge in [-0.25, -0.2) is 4.98 Å². The van der Waals surface area contributed by atoms with E-state index >= 15 is 0 Å². The average molecular weight is 419 g/mol. The minimum atomic E-state index is -0.198. The van der Waals surface area contributed by atoms with Gasteiger partial charge in [-0.05, 0) is 37.1 Å². The Labute approximate surface area is 173 Å². The molecule has 3 rings (SSSR count). The number of anilines is 1. The van der Waals surface area contributed by atoms with E-state index in [-0.39, 0.29) is 18.9 Å². The van der Waals surface area contributed by atoms with Crippen LogP contribution in [0.15, 0.2) is 42.6 Å². The van der Waals surface area contributed by atoms with Gasteiger partial charge >= 0.3 is 0 Å². The number of hydrogen-bond acceptors (Lipinski definition) is 4. The van der Waals surface area contributed by atoms with Gasteiger partial charge in [-0.1, -0.05) is 42.3 Å². The first kappa shape index (κ1) is 20.2. The molecular weight excluding hydrogens is 399 g/mol. The number of nitrogens with one attached hydrogen (secondary N) is 1. The second-order valence-corrected chi connectivity index (χ2v) is 7.03. The van der Waals surface area contributed by atoms with E-state index in [1.165, 1.54) is 16.4 Å². The monoisotopic (exact) mass is 418 g/mol. The molecule has 0 aliphatic carbocycles. The third-order valence-electron chi connectivity index (χ3n) is 4.02. The molecule has 146 valence electrons. The molecule has 0 saturated carbocycles. The van der Waals surface area contributed by atoms with Gasteiger partial charge in [-0.2, -0.15) is 9.78 Å². The molecule has 8 heteroatoms. The largest absolute Gasteiger partial charge is 0.493 e. The van der Waals surface area contributed by atoms with Gasteiger partial charge in [0.1, 0.15) is 11.6 Å². The predicted octanol–water partition coefficient (Wildman–Crippen LogP) is 4.85. The van der Waals surface area contributed by atoms with Crippen molar-refractivity contribution < 1.29 is 9.53 Å². The van der Waals surface area contributed by atoms with Gasteiger partial charge in [-0.3, -0.25) is 4.79 Å². The Bertz CT molecular complexity index is 971. The van der Waals surface area contributed by atoms with E-state index in [2.05, 4.69) is 22.3 Å². The van der Waals surface area contributed by atoms with Crippen LogP contribution in [-0.2, 0) is 11.2 Å². The molecule has 3 aromatic rings. The smallest absolute Gasteiger partial charge is 0.228 e. The van der Waals surface area contributed by atoms with Gasteiger partial charge < -0.3 is 10.1 Å². The van der Waals surface area contributed by atoms with E-state index in [0.717, 1.165) is 17.9 Å². The molecule has 1 N–H and O–H groups in total. The molecule has 0 bridgehead atoms. The highest BCUT2D eigenvalue weighted by Crippen LogP contribution is 2.25. The Balaban J connectivity index is 1.62. The Hall–Kier alpha value is -2.57. The van der Waals surface area contributed by atoms with Crippen LogP contribution in [-0.4, -0.2) is 27.3 Å². The maximum Gasteiger partial charge on any atom is 0.228 e. The van der Waals surface area contributed by atoms with E-state index in [0.29, 0.717) is 21.7 Å². The number of aromatic nitrogens is 3. The number of rotatable bonds is 7. The zero-order chi connectivity index (χ0) is 20.1. The van der Waals surface area contributed by atoms with E-state index in [9.17, 15) is 4.79 Å². The van der Waals surface area contributed by atoms with Crippen LogP contribution < -0.4 is 10.1 Å². The van der Waals surface area contributed by atoms with Crippen LogP contribution in [0.25, 0.3) is 5.82 Å². The fraction of sp³-hybridized carbons (Fsp3) is 0.250. The summed E-state index contributed by atoms with van der Waals surface area (Å²) in [6.45, 7) is 4.18. The first-order valence-electron chi connectivity index (χ1n) is 8.86. The van der Waals surface area contributed by atoms with Crippen molar-refractivity contribution in [2.75, 3.05) is 11.9 Å². The molecule has 1 aromatic carbocycles. The van der Waals surface area contributed by atoms with Gasteiger partial charge in [0.05, 0.1) is 28.8 Å². The molecule has 0 aliphatic rings. The van der Waals surface area contributed by atoms with Crippen molar-refractivity contribution >= 4 is 34.9 Å². The maximum atomic E-state index is 12.3. The summed E-state index contributed by atoms with van der Waals surface area (Å²) in [7, 11) is 0. The van der Waals surface area contributed by atoms with Crippen LogP contribution in [0.1, 0.15) is 24.6 Å². The summed E-state index contributed by atoms with van der Waals surface area (Å²) in [4.78, 5) is 16.5. The van der Waals surface area contributed by atoms with Crippen molar-refractivity contribution in [2.24, 2.45) is 0 Å². The first-order chi connectivity index (χ1) is 13.5. The fourth-order valence-electron chi connectivity index (χ4n) is 2.60. The summed E-state index contributed by atoms with van der Waals surface area (Å²) in [5.74, 6) is 1.41. The number of halogens is 2. The third-order valence-corrected chi connectivity index (χ3v) is 4.50. The second-order valence-electron chi connectivity index (χ2n) is 6.19. The summed E-state index contributed by atoms with van der Waals surface area (Å²) in [5, 5.41) is 7.94. The number of carbonyl (C=O) groups excluding carboxylic acids is 1. The van der Waals surface area contributed by atoms with E-state index in [4.69, 9.17) is 27.9 Å². The quantitative estimate of drug-likeness (QED) is 0.594. The summed E-state index contributed by atoms with van der Waals surface area (Å²) in [6, 6.07) is 11.2. The molecule has 2 aromatic heterocycles. The predicted molar refractivity (Wildman–Crippen MR) is 111 cm³/mol. The Morgan fingerprint density at radius 3 is 2.64 bits per heavy atom. The zero-order valence-electron chi connectivity index (χ0n) is 15.6. The molecule has 6 nitrogen and oxygen atoms in total. The molecule has 2 heterocycles. The van der Waals surface area contributed by atoms with Crippen molar-refractivity contribution in [3.63, 3.8) is 0 Å². The number of benzene rings is 1. The summed E-state index contributed by atoms with van der Waals surface area (Å²) < 4.78 is 7.12. The minimum absolute atomic E-state index is 0.196. The maximum absolute atomic E-state index is 12.3. The Kier molecular flexibility index (Phi) is 6.54. The van der Waals surface area contributed by atoms with Gasteiger partial charge in [-0.15, -0.1) is 0 Å². The summed E-state index contributed by atoms with van der Waals surface area (Å²) in [5.41, 5.74) is 1.96. The lowest BCUT2D eigenvalue weighted by atomic mass is 10.2. The third kappa shape index (κ3) is 5.03. The van der Waals surface area contributed by atoms with Crippen LogP contribution in [0.4, 0.5) is 5.82 Å². The minimum Gasteiger partial charge on any atom is -0.493 e. The molecule has 0 radical (unpaired) electrons. The van der Waals surface area contributed by atoms with Gasteiger partial charge in [0.15, 0.2) is 5.82 Å². The van der Waals surface area contributed by atoms with Crippen LogP contribution in [0, 0.1) is 6.92 Å². The van der Waals surface area contributed by atoms with E-state index in [1.807, 2.05) is 31.2 Å². The SMILES string of the molecule is CCc1ccc(OCCC(=O)Nc2cc(C)nn2-c2ncc(Cl)cc2Cl)cc1. The number of ether oxygens (including phenoxy) is 1. The lowest BCUT2D eigenvalue weighted by Crippen LogP contribution is -2.18. The standard InChI is InChI=1S/C20H20Cl2N4O2/c1-3-14-4-6-16(7-5-14)28-9-8-19(27)24-18-10-13(2)25-26(18)20-17(22)11-15(21)12-23-20/h4-7,10-12H,3,8-9H2,1-2H3,(H,24,27). The molecule has 0 aliphatic heterocycles. The molecule has 0 unspecified atom stereocenters. The van der Waals surface area contributed by atoms with Crippen molar-refractivity contribution in [1.82, 2.24) is 14.8 Å². The molecule has 0 fully saturated rings. The van der Waals surface area contributed by atoms with Crippen LogP contribution >= 0.6 is 23.2 Å². The van der Waals surface area contributed by atoms with Gasteiger partial charge in [0.2, 0.25) is 5.91 Å². The number of nitrogens with zero attached hydrogens (tertiary/aromatic N) is 3. The van der Waals surface area contributed by atoms with Crippen molar-refractivity contribution in [3.05, 3.63) is 63.9 Å². The van der Waals surface area contributed by atoms with E-state index < -0.39 is 0 Å². The molecule has 0 atom stereocenters. The summed E-state index contributed by atoms with van der Waals surface area (Å²) in [6.07, 6.45) is 2.65. The highest BCUT2D eigenvalue weighted by Gasteiger charge is 2.15. The molecule has 1 amide bonds. The molecule has 28 heavy (non-hydrogen) atoms. The Morgan fingerprint density at radius 2 is 1.96 bits per heavy atom. The first-order valence-corrected chi connectivity index (χ1v) is 9.61. The fourth-order valence-corrected chi connectivity index (χ4v) is 3.06. The van der Waals surface area contributed by atoms with Crippen molar-refractivity contribution in [3.8, 4) is 11.6 Å². The molecule has 0 spiro atoms. The lowest BCUT2D eigenvalue weighted by Gasteiger charge is -2.10. The highest BCUT2D eigenvalue weighted by molar-refractivity contribution is 6.35. The summed E-state index contributed by atoms with van der Waals surface area (Å²) >= 11 is 12.1. The number of amides is 1. The van der Waals surface area contributed by atoms with Crippen LogP contribution in [0.3, 0.4) is 0 Å². The van der Waals surface area contributed by atoms with Crippen molar-refractivity contribution in [2.45, 2.75) is 26.7 Å². The molecule has 0 saturated heterocycles. The van der Waals surface area contributed by atoms with Gasteiger partial charge in [0.25, 0.3) is 0 Å². The second kappa shape index (κ2) is 9.08.